The summed E-state index contributed by atoms with van der Waals surface area (Å²) in [5.74, 6) is 0.882. The normalized spacial score (nSPS) is 10.7. The van der Waals surface area contributed by atoms with Gasteiger partial charge in [-0.25, -0.2) is 0 Å². The molecular weight excluding hydrogens is 330 g/mol. The Bertz CT molecular complexity index is 890. The molecular formula is C21H21NO4. The van der Waals surface area contributed by atoms with Gasteiger partial charge < -0.3 is 19.9 Å². The highest BCUT2D eigenvalue weighted by Gasteiger charge is 2.12. The number of benzene rings is 3. The first kappa shape index (κ1) is 17.8. The van der Waals surface area contributed by atoms with E-state index in [0.717, 1.165) is 27.6 Å². The van der Waals surface area contributed by atoms with Crippen LogP contribution in [0.5, 0.6) is 11.5 Å². The third kappa shape index (κ3) is 4.13. The summed E-state index contributed by atoms with van der Waals surface area (Å²) in [4.78, 5) is 11.1. The summed E-state index contributed by atoms with van der Waals surface area (Å²) in [7, 11) is 1.64. The number of hydrogen-bond acceptors (Lipinski definition) is 4. The van der Waals surface area contributed by atoms with Crippen molar-refractivity contribution in [2.75, 3.05) is 26.9 Å². The Hall–Kier alpha value is -3.05. The van der Waals surface area contributed by atoms with Crippen molar-refractivity contribution in [1.29, 1.82) is 0 Å². The van der Waals surface area contributed by atoms with Crippen LogP contribution >= 0.6 is 0 Å². The number of carbonyl (C=O) groups excluding carboxylic acids is 1. The number of rotatable bonds is 8. The van der Waals surface area contributed by atoms with Crippen LogP contribution < -0.4 is 15.2 Å². The van der Waals surface area contributed by atoms with Crippen molar-refractivity contribution in [3.8, 4) is 22.6 Å². The van der Waals surface area contributed by atoms with Crippen LogP contribution in [-0.2, 0) is 9.53 Å². The molecule has 0 heterocycles. The molecule has 0 fully saturated rings. The second-order valence-corrected chi connectivity index (χ2v) is 5.78. The Labute approximate surface area is 152 Å². The van der Waals surface area contributed by atoms with Crippen LogP contribution in [0.4, 0.5) is 0 Å². The van der Waals surface area contributed by atoms with Gasteiger partial charge in [0.1, 0.15) is 18.1 Å². The molecule has 2 N–H and O–H groups in total. The van der Waals surface area contributed by atoms with Crippen LogP contribution in [0.2, 0.25) is 0 Å². The fraction of sp³-hybridized carbons (Fsp3) is 0.190. The van der Waals surface area contributed by atoms with E-state index in [1.807, 2.05) is 60.7 Å². The summed E-state index contributed by atoms with van der Waals surface area (Å²) < 4.78 is 16.3. The first-order valence-corrected chi connectivity index (χ1v) is 8.34. The number of carbonyl (C=O) groups is 1. The quantitative estimate of drug-likeness (QED) is 0.632. The minimum atomic E-state index is -0.508. The number of primary amides is 1. The largest absolute Gasteiger partial charge is 0.491 e. The molecule has 26 heavy (non-hydrogen) atoms. The Kier molecular flexibility index (Phi) is 5.71. The van der Waals surface area contributed by atoms with Crippen molar-refractivity contribution in [3.05, 3.63) is 60.7 Å². The van der Waals surface area contributed by atoms with E-state index in [-0.39, 0.29) is 6.61 Å². The van der Waals surface area contributed by atoms with E-state index in [2.05, 4.69) is 0 Å². The maximum Gasteiger partial charge on any atom is 0.255 e. The zero-order chi connectivity index (χ0) is 18.4. The molecule has 0 bridgehead atoms. The Morgan fingerprint density at radius 3 is 2.42 bits per heavy atom. The van der Waals surface area contributed by atoms with Gasteiger partial charge in [-0.2, -0.15) is 0 Å². The van der Waals surface area contributed by atoms with Crippen molar-refractivity contribution in [1.82, 2.24) is 0 Å². The highest BCUT2D eigenvalue weighted by atomic mass is 16.5. The molecule has 0 aliphatic heterocycles. The standard InChI is InChI=1S/C21H21NO4/c1-24-12-13-25-17-9-6-16(7-10-17)21-18-5-3-2-4-15(18)8-11-19(21)26-14-20(22)23/h2-11H,12-14H2,1H3,(H2,22,23). The van der Waals surface area contributed by atoms with Gasteiger partial charge in [-0.3, -0.25) is 4.79 Å². The second-order valence-electron chi connectivity index (χ2n) is 5.78. The van der Waals surface area contributed by atoms with Crippen LogP contribution in [0.1, 0.15) is 0 Å². The van der Waals surface area contributed by atoms with E-state index in [1.54, 1.807) is 7.11 Å². The van der Waals surface area contributed by atoms with Gasteiger partial charge >= 0.3 is 0 Å². The number of amides is 1. The van der Waals surface area contributed by atoms with E-state index >= 15 is 0 Å². The summed E-state index contributed by atoms with van der Waals surface area (Å²) in [5, 5.41) is 2.14. The average molecular weight is 351 g/mol. The molecule has 0 saturated carbocycles. The molecule has 3 rings (SSSR count). The van der Waals surface area contributed by atoms with Gasteiger partial charge in [-0.05, 0) is 34.5 Å². The molecule has 0 unspecified atom stereocenters. The molecule has 3 aromatic rings. The first-order valence-electron chi connectivity index (χ1n) is 8.34. The SMILES string of the molecule is COCCOc1ccc(-c2c(OCC(N)=O)ccc3ccccc23)cc1. The third-order valence-electron chi connectivity index (χ3n) is 3.96. The number of methoxy groups -OCH3 is 1. The summed E-state index contributed by atoms with van der Waals surface area (Å²) >= 11 is 0. The maximum atomic E-state index is 11.1. The van der Waals surface area contributed by atoms with Crippen molar-refractivity contribution < 1.29 is 19.0 Å². The first-order chi connectivity index (χ1) is 12.7. The molecule has 3 aromatic carbocycles. The predicted molar refractivity (Wildman–Crippen MR) is 101 cm³/mol. The summed E-state index contributed by atoms with van der Waals surface area (Å²) in [6.07, 6.45) is 0. The number of hydrogen-bond donors (Lipinski definition) is 1. The molecule has 1 amide bonds. The van der Waals surface area contributed by atoms with Gasteiger partial charge in [-0.1, -0.05) is 42.5 Å². The highest BCUT2D eigenvalue weighted by Crippen LogP contribution is 2.37. The molecule has 0 saturated heterocycles. The van der Waals surface area contributed by atoms with Gasteiger partial charge in [0.05, 0.1) is 6.61 Å². The third-order valence-corrected chi connectivity index (χ3v) is 3.96. The van der Waals surface area contributed by atoms with E-state index in [0.29, 0.717) is 19.0 Å². The van der Waals surface area contributed by atoms with Crippen molar-refractivity contribution >= 4 is 16.7 Å². The zero-order valence-electron chi connectivity index (χ0n) is 14.6. The van der Waals surface area contributed by atoms with E-state index < -0.39 is 5.91 Å². The maximum absolute atomic E-state index is 11.1. The topological polar surface area (TPSA) is 70.8 Å². The van der Waals surface area contributed by atoms with Crippen molar-refractivity contribution in [2.45, 2.75) is 0 Å². The smallest absolute Gasteiger partial charge is 0.255 e. The molecule has 134 valence electrons. The fourth-order valence-electron chi connectivity index (χ4n) is 2.78. The number of ether oxygens (including phenoxy) is 3. The molecule has 0 aliphatic carbocycles. The van der Waals surface area contributed by atoms with Gasteiger partial charge in [0.25, 0.3) is 5.91 Å². The number of fused-ring (bicyclic) bond motifs is 1. The minimum absolute atomic E-state index is 0.163. The van der Waals surface area contributed by atoms with E-state index in [9.17, 15) is 4.79 Å². The molecule has 5 nitrogen and oxygen atoms in total. The predicted octanol–water partition coefficient (Wildman–Crippen LogP) is 3.40. The Morgan fingerprint density at radius 1 is 0.923 bits per heavy atom. The lowest BCUT2D eigenvalue weighted by Crippen LogP contribution is -2.20. The minimum Gasteiger partial charge on any atom is -0.491 e. The van der Waals surface area contributed by atoms with Crippen LogP contribution in [-0.4, -0.2) is 32.8 Å². The molecule has 0 atom stereocenters. The van der Waals surface area contributed by atoms with Gasteiger partial charge in [0.2, 0.25) is 0 Å². The average Bonchev–Trinajstić information content (AvgIpc) is 2.66. The fourth-order valence-corrected chi connectivity index (χ4v) is 2.78. The van der Waals surface area contributed by atoms with Crippen molar-refractivity contribution in [2.24, 2.45) is 5.73 Å². The van der Waals surface area contributed by atoms with Gasteiger partial charge in [0, 0.05) is 12.7 Å². The van der Waals surface area contributed by atoms with Crippen LogP contribution in [0.3, 0.4) is 0 Å². The van der Waals surface area contributed by atoms with E-state index in [1.165, 1.54) is 0 Å². The van der Waals surface area contributed by atoms with E-state index in [4.69, 9.17) is 19.9 Å². The lowest BCUT2D eigenvalue weighted by atomic mass is 9.97. The van der Waals surface area contributed by atoms with Gasteiger partial charge in [0.15, 0.2) is 6.61 Å². The lowest BCUT2D eigenvalue weighted by Gasteiger charge is -2.14. The van der Waals surface area contributed by atoms with Gasteiger partial charge in [-0.15, -0.1) is 0 Å². The number of nitrogens with two attached hydrogens (primary N) is 1. The monoisotopic (exact) mass is 351 g/mol. The summed E-state index contributed by atoms with van der Waals surface area (Å²) in [6, 6.07) is 19.6. The van der Waals surface area contributed by atoms with Crippen LogP contribution in [0.25, 0.3) is 21.9 Å². The summed E-state index contributed by atoms with van der Waals surface area (Å²) in [5.41, 5.74) is 7.13. The second kappa shape index (κ2) is 8.36. The molecule has 0 aliphatic rings. The highest BCUT2D eigenvalue weighted by molar-refractivity contribution is 5.99. The Morgan fingerprint density at radius 2 is 1.69 bits per heavy atom. The molecule has 5 heteroatoms. The summed E-state index contributed by atoms with van der Waals surface area (Å²) in [6.45, 7) is 0.872. The van der Waals surface area contributed by atoms with Crippen LogP contribution in [0.15, 0.2) is 60.7 Å². The van der Waals surface area contributed by atoms with Crippen molar-refractivity contribution in [3.63, 3.8) is 0 Å². The van der Waals surface area contributed by atoms with Crippen LogP contribution in [0, 0.1) is 0 Å². The molecule has 0 radical (unpaired) electrons. The Balaban J connectivity index is 1.98. The molecule has 0 aromatic heterocycles. The zero-order valence-corrected chi connectivity index (χ0v) is 14.6. The molecule has 0 spiro atoms. The lowest BCUT2D eigenvalue weighted by molar-refractivity contribution is -0.119.